The van der Waals surface area contributed by atoms with Crippen LogP contribution in [-0.4, -0.2) is 11.9 Å². The van der Waals surface area contributed by atoms with Crippen LogP contribution in [0.25, 0.3) is 0 Å². The second kappa shape index (κ2) is 2.38. The summed E-state index contributed by atoms with van der Waals surface area (Å²) in [7, 11) is 0. The molecule has 52 valence electrons. The van der Waals surface area contributed by atoms with Gasteiger partial charge in [-0.25, -0.2) is 0 Å². The average Bonchev–Trinajstić information content (AvgIpc) is 1.59. The van der Waals surface area contributed by atoms with Gasteiger partial charge < -0.3 is 5.32 Å². The molecule has 2 atom stereocenters. The van der Waals surface area contributed by atoms with Crippen molar-refractivity contribution in [1.29, 1.82) is 0 Å². The van der Waals surface area contributed by atoms with Gasteiger partial charge in [-0.3, -0.25) is 4.79 Å². The van der Waals surface area contributed by atoms with E-state index in [1.165, 1.54) is 0 Å². The Kier molecular flexibility index (Phi) is 1.74. The van der Waals surface area contributed by atoms with Crippen molar-refractivity contribution in [2.24, 2.45) is 5.92 Å². The summed E-state index contributed by atoms with van der Waals surface area (Å²) < 4.78 is 0. The normalized spacial score (nSPS) is 36.0. The third kappa shape index (κ3) is 1.70. The van der Waals surface area contributed by atoms with Crippen LogP contribution >= 0.6 is 0 Å². The highest BCUT2D eigenvalue weighted by atomic mass is 16.1. The lowest BCUT2D eigenvalue weighted by Gasteiger charge is -2.24. The minimum atomic E-state index is 0.209. The van der Waals surface area contributed by atoms with Crippen LogP contribution in [-0.2, 0) is 4.79 Å². The van der Waals surface area contributed by atoms with Gasteiger partial charge in [0.05, 0.1) is 0 Å². The van der Waals surface area contributed by atoms with Crippen molar-refractivity contribution in [3.8, 4) is 0 Å². The summed E-state index contributed by atoms with van der Waals surface area (Å²) in [6, 6.07) is 0.390. The molecule has 1 saturated heterocycles. The summed E-state index contributed by atoms with van der Waals surface area (Å²) >= 11 is 0. The Morgan fingerprint density at radius 1 is 1.56 bits per heavy atom. The van der Waals surface area contributed by atoms with E-state index >= 15 is 0 Å². The number of carbonyl (C=O) groups excluding carboxylic acids is 1. The van der Waals surface area contributed by atoms with Crippen LogP contribution in [0.4, 0.5) is 0 Å². The quantitative estimate of drug-likeness (QED) is 0.515. The third-order valence-corrected chi connectivity index (χ3v) is 1.70. The Hall–Kier alpha value is -0.530. The van der Waals surface area contributed by atoms with Crippen LogP contribution in [0.5, 0.6) is 0 Å². The minimum absolute atomic E-state index is 0.209. The van der Waals surface area contributed by atoms with Gasteiger partial charge in [0.2, 0.25) is 5.91 Å². The molecule has 2 heteroatoms. The largest absolute Gasteiger partial charge is 0.354 e. The topological polar surface area (TPSA) is 29.1 Å². The molecule has 1 amide bonds. The fraction of sp³-hybridized carbons (Fsp3) is 0.857. The molecule has 1 N–H and O–H groups in total. The lowest BCUT2D eigenvalue weighted by Crippen LogP contribution is -2.39. The number of hydrogen-bond donors (Lipinski definition) is 1. The molecule has 0 aromatic heterocycles. The predicted molar refractivity (Wildman–Crippen MR) is 36.0 cm³/mol. The highest BCUT2D eigenvalue weighted by Gasteiger charge is 2.19. The van der Waals surface area contributed by atoms with Crippen LogP contribution in [0.15, 0.2) is 0 Å². The maximum atomic E-state index is 10.8. The van der Waals surface area contributed by atoms with Gasteiger partial charge in [-0.1, -0.05) is 6.92 Å². The molecule has 1 heterocycles. The van der Waals surface area contributed by atoms with Crippen molar-refractivity contribution in [2.45, 2.75) is 32.7 Å². The SMILES string of the molecule is C[C@H]1CC(=O)N[C@@H](C)C1. The first-order valence-corrected chi connectivity index (χ1v) is 3.48. The molecule has 0 radical (unpaired) electrons. The van der Waals surface area contributed by atoms with E-state index < -0.39 is 0 Å². The summed E-state index contributed by atoms with van der Waals surface area (Å²) in [4.78, 5) is 10.8. The van der Waals surface area contributed by atoms with Crippen molar-refractivity contribution in [3.63, 3.8) is 0 Å². The van der Waals surface area contributed by atoms with Crippen LogP contribution < -0.4 is 5.32 Å². The molecule has 1 rings (SSSR count). The molecule has 0 aliphatic carbocycles. The molecule has 0 unspecified atom stereocenters. The van der Waals surface area contributed by atoms with E-state index in [1.54, 1.807) is 0 Å². The van der Waals surface area contributed by atoms with Gasteiger partial charge in [0.15, 0.2) is 0 Å². The second-order valence-corrected chi connectivity index (χ2v) is 3.01. The van der Waals surface area contributed by atoms with Gasteiger partial charge in [-0.05, 0) is 19.3 Å². The maximum absolute atomic E-state index is 10.8. The van der Waals surface area contributed by atoms with E-state index in [2.05, 4.69) is 12.2 Å². The minimum Gasteiger partial charge on any atom is -0.354 e. The summed E-state index contributed by atoms with van der Waals surface area (Å²) in [6.45, 7) is 4.17. The Morgan fingerprint density at radius 2 is 2.22 bits per heavy atom. The number of piperidine rings is 1. The summed E-state index contributed by atoms with van der Waals surface area (Å²) in [5, 5.41) is 2.87. The third-order valence-electron chi connectivity index (χ3n) is 1.70. The fourth-order valence-electron chi connectivity index (χ4n) is 1.40. The maximum Gasteiger partial charge on any atom is 0.220 e. The monoisotopic (exact) mass is 127 g/mol. The molecule has 0 saturated carbocycles. The number of amides is 1. The number of carbonyl (C=O) groups is 1. The van der Waals surface area contributed by atoms with Crippen molar-refractivity contribution in [3.05, 3.63) is 0 Å². The first kappa shape index (κ1) is 6.59. The zero-order valence-electron chi connectivity index (χ0n) is 5.98. The first-order chi connectivity index (χ1) is 4.18. The fourth-order valence-corrected chi connectivity index (χ4v) is 1.40. The van der Waals surface area contributed by atoms with Gasteiger partial charge in [0, 0.05) is 12.5 Å². The van der Waals surface area contributed by atoms with E-state index in [-0.39, 0.29) is 5.91 Å². The van der Waals surface area contributed by atoms with Gasteiger partial charge in [0.25, 0.3) is 0 Å². The average molecular weight is 127 g/mol. The van der Waals surface area contributed by atoms with E-state index in [0.717, 1.165) is 6.42 Å². The van der Waals surface area contributed by atoms with Crippen molar-refractivity contribution < 1.29 is 4.79 Å². The molecular formula is C7H13NO. The molecular weight excluding hydrogens is 114 g/mol. The zero-order chi connectivity index (χ0) is 6.85. The predicted octanol–water partition coefficient (Wildman–Crippen LogP) is 0.921. The lowest BCUT2D eigenvalue weighted by molar-refractivity contribution is -0.124. The standard InChI is InChI=1S/C7H13NO/c1-5-3-6(2)8-7(9)4-5/h5-6H,3-4H2,1-2H3,(H,8,9)/t5-,6+/m1/s1. The zero-order valence-corrected chi connectivity index (χ0v) is 5.98. The van der Waals surface area contributed by atoms with Crippen molar-refractivity contribution >= 4 is 5.91 Å². The Morgan fingerprint density at radius 3 is 2.67 bits per heavy atom. The van der Waals surface area contributed by atoms with Gasteiger partial charge in [0.1, 0.15) is 0 Å². The Balaban J connectivity index is 2.43. The molecule has 0 aromatic carbocycles. The van der Waals surface area contributed by atoms with Crippen LogP contribution in [0.3, 0.4) is 0 Å². The molecule has 2 nitrogen and oxygen atoms in total. The summed E-state index contributed by atoms with van der Waals surface area (Å²) in [5.74, 6) is 0.787. The molecule has 0 aromatic rings. The Bertz CT molecular complexity index is 110. The first-order valence-electron chi connectivity index (χ1n) is 3.48. The number of nitrogens with one attached hydrogen (secondary N) is 1. The van der Waals surface area contributed by atoms with Crippen molar-refractivity contribution in [2.75, 3.05) is 0 Å². The van der Waals surface area contributed by atoms with Crippen LogP contribution in [0.2, 0.25) is 0 Å². The van der Waals surface area contributed by atoms with Crippen molar-refractivity contribution in [1.82, 2.24) is 5.32 Å². The second-order valence-electron chi connectivity index (χ2n) is 3.01. The number of hydrogen-bond acceptors (Lipinski definition) is 1. The lowest BCUT2D eigenvalue weighted by atomic mass is 9.95. The molecule has 0 spiro atoms. The highest BCUT2D eigenvalue weighted by molar-refractivity contribution is 5.77. The molecule has 1 aliphatic rings. The van der Waals surface area contributed by atoms with Gasteiger partial charge >= 0.3 is 0 Å². The molecule has 1 aliphatic heterocycles. The molecule has 0 bridgehead atoms. The van der Waals surface area contributed by atoms with E-state index in [0.29, 0.717) is 18.4 Å². The number of rotatable bonds is 0. The molecule has 1 fully saturated rings. The summed E-state index contributed by atoms with van der Waals surface area (Å²) in [6.07, 6.45) is 1.84. The van der Waals surface area contributed by atoms with E-state index in [1.807, 2.05) is 6.92 Å². The van der Waals surface area contributed by atoms with Gasteiger partial charge in [-0.15, -0.1) is 0 Å². The van der Waals surface area contributed by atoms with Gasteiger partial charge in [-0.2, -0.15) is 0 Å². The van der Waals surface area contributed by atoms with E-state index in [4.69, 9.17) is 0 Å². The van der Waals surface area contributed by atoms with E-state index in [9.17, 15) is 4.79 Å². The highest BCUT2D eigenvalue weighted by Crippen LogP contribution is 2.14. The van der Waals surface area contributed by atoms with Crippen LogP contribution in [0, 0.1) is 5.92 Å². The Labute approximate surface area is 55.6 Å². The summed E-state index contributed by atoms with van der Waals surface area (Å²) in [5.41, 5.74) is 0. The smallest absolute Gasteiger partial charge is 0.220 e. The molecule has 9 heavy (non-hydrogen) atoms. The van der Waals surface area contributed by atoms with Crippen LogP contribution in [0.1, 0.15) is 26.7 Å².